The zero-order chi connectivity index (χ0) is 14.5. The number of anilines is 2. The summed E-state index contributed by atoms with van der Waals surface area (Å²) in [4.78, 5) is 14.4. The van der Waals surface area contributed by atoms with Gasteiger partial charge in [-0.3, -0.25) is 4.79 Å². The number of benzene rings is 1. The van der Waals surface area contributed by atoms with E-state index in [4.69, 9.17) is 0 Å². The number of amides is 1. The van der Waals surface area contributed by atoms with Crippen LogP contribution in [-0.4, -0.2) is 32.1 Å². The van der Waals surface area contributed by atoms with Crippen LogP contribution in [-0.2, 0) is 4.79 Å². The highest BCUT2D eigenvalue weighted by molar-refractivity contribution is 5.95. The molecule has 1 aliphatic heterocycles. The van der Waals surface area contributed by atoms with Crippen molar-refractivity contribution >= 4 is 17.3 Å². The zero-order valence-electron chi connectivity index (χ0n) is 12.6. The van der Waals surface area contributed by atoms with Gasteiger partial charge in [-0.2, -0.15) is 0 Å². The molecule has 1 saturated carbocycles. The maximum atomic E-state index is 12.1. The van der Waals surface area contributed by atoms with Gasteiger partial charge in [-0.05, 0) is 56.7 Å². The number of hydrogen-bond donors (Lipinski definition) is 2. The fourth-order valence-electron chi connectivity index (χ4n) is 2.90. The standard InChI is InChI=1S/C17H25N3O/c21-17(13-18-12-14-8-9-14)19-15-6-2-3-7-16(15)20-10-4-1-5-11-20/h2-3,6-7,14,18H,1,4-5,8-13H2,(H,19,21). The van der Waals surface area contributed by atoms with Gasteiger partial charge in [0.15, 0.2) is 0 Å². The molecule has 0 atom stereocenters. The zero-order valence-corrected chi connectivity index (χ0v) is 12.6. The van der Waals surface area contributed by atoms with E-state index in [1.165, 1.54) is 32.1 Å². The van der Waals surface area contributed by atoms with Crippen molar-refractivity contribution in [2.45, 2.75) is 32.1 Å². The molecule has 0 bridgehead atoms. The number of piperidine rings is 1. The Morgan fingerprint density at radius 2 is 1.90 bits per heavy atom. The molecule has 1 saturated heterocycles. The average molecular weight is 287 g/mol. The molecule has 0 radical (unpaired) electrons. The molecule has 1 heterocycles. The maximum absolute atomic E-state index is 12.1. The van der Waals surface area contributed by atoms with Gasteiger partial charge in [0.2, 0.25) is 5.91 Å². The first-order valence-electron chi connectivity index (χ1n) is 8.17. The van der Waals surface area contributed by atoms with Crippen molar-refractivity contribution in [1.29, 1.82) is 0 Å². The van der Waals surface area contributed by atoms with Crippen molar-refractivity contribution in [3.8, 4) is 0 Å². The molecule has 114 valence electrons. The number of rotatable bonds is 6. The summed E-state index contributed by atoms with van der Waals surface area (Å²) in [7, 11) is 0. The Morgan fingerprint density at radius 1 is 1.14 bits per heavy atom. The molecule has 1 aliphatic carbocycles. The highest BCUT2D eigenvalue weighted by atomic mass is 16.1. The fraction of sp³-hybridized carbons (Fsp3) is 0.588. The number of carbonyl (C=O) groups excluding carboxylic acids is 1. The lowest BCUT2D eigenvalue weighted by Crippen LogP contribution is -2.32. The largest absolute Gasteiger partial charge is 0.370 e. The summed E-state index contributed by atoms with van der Waals surface area (Å²) in [5.41, 5.74) is 2.10. The van der Waals surface area contributed by atoms with Crippen LogP contribution in [0.3, 0.4) is 0 Å². The highest BCUT2D eigenvalue weighted by Gasteiger charge is 2.21. The SMILES string of the molecule is O=C(CNCC1CC1)Nc1ccccc1N1CCCCC1. The number of carbonyl (C=O) groups is 1. The summed E-state index contributed by atoms with van der Waals surface area (Å²) < 4.78 is 0. The van der Waals surface area contributed by atoms with Crippen molar-refractivity contribution in [3.05, 3.63) is 24.3 Å². The maximum Gasteiger partial charge on any atom is 0.238 e. The third-order valence-corrected chi connectivity index (χ3v) is 4.29. The van der Waals surface area contributed by atoms with E-state index in [1.54, 1.807) is 0 Å². The molecule has 2 fully saturated rings. The summed E-state index contributed by atoms with van der Waals surface area (Å²) >= 11 is 0. The first kappa shape index (κ1) is 14.4. The Kier molecular flexibility index (Phi) is 4.76. The molecule has 2 aliphatic rings. The van der Waals surface area contributed by atoms with Gasteiger partial charge in [-0.25, -0.2) is 0 Å². The Balaban J connectivity index is 1.56. The van der Waals surface area contributed by atoms with Crippen molar-refractivity contribution in [2.75, 3.05) is 36.4 Å². The van der Waals surface area contributed by atoms with Crippen LogP contribution >= 0.6 is 0 Å². The number of para-hydroxylation sites is 2. The number of hydrogen-bond acceptors (Lipinski definition) is 3. The molecule has 4 nitrogen and oxygen atoms in total. The van der Waals surface area contributed by atoms with Crippen LogP contribution in [0.4, 0.5) is 11.4 Å². The second-order valence-corrected chi connectivity index (χ2v) is 6.19. The van der Waals surface area contributed by atoms with Crippen LogP contribution in [0.15, 0.2) is 24.3 Å². The number of nitrogens with one attached hydrogen (secondary N) is 2. The smallest absolute Gasteiger partial charge is 0.238 e. The monoisotopic (exact) mass is 287 g/mol. The predicted octanol–water partition coefficient (Wildman–Crippen LogP) is 2.62. The van der Waals surface area contributed by atoms with Gasteiger partial charge in [0.05, 0.1) is 17.9 Å². The van der Waals surface area contributed by atoms with E-state index >= 15 is 0 Å². The topological polar surface area (TPSA) is 44.4 Å². The molecule has 0 spiro atoms. The van der Waals surface area contributed by atoms with Crippen LogP contribution in [0.1, 0.15) is 32.1 Å². The van der Waals surface area contributed by atoms with E-state index in [0.29, 0.717) is 6.54 Å². The summed E-state index contributed by atoms with van der Waals surface area (Å²) in [5.74, 6) is 0.860. The van der Waals surface area contributed by atoms with Gasteiger partial charge in [0.25, 0.3) is 0 Å². The lowest BCUT2D eigenvalue weighted by atomic mass is 10.1. The lowest BCUT2D eigenvalue weighted by Gasteiger charge is -2.30. The van der Waals surface area contributed by atoms with Gasteiger partial charge in [-0.15, -0.1) is 0 Å². The van der Waals surface area contributed by atoms with Gasteiger partial charge in [-0.1, -0.05) is 12.1 Å². The highest BCUT2D eigenvalue weighted by Crippen LogP contribution is 2.28. The van der Waals surface area contributed by atoms with E-state index in [2.05, 4.69) is 21.6 Å². The first-order chi connectivity index (χ1) is 10.3. The molecule has 0 unspecified atom stereocenters. The van der Waals surface area contributed by atoms with Crippen LogP contribution in [0, 0.1) is 5.92 Å². The second kappa shape index (κ2) is 6.94. The normalized spacial score (nSPS) is 18.6. The van der Waals surface area contributed by atoms with Crippen LogP contribution in [0.2, 0.25) is 0 Å². The molecule has 0 aromatic heterocycles. The molecular weight excluding hydrogens is 262 g/mol. The summed E-state index contributed by atoms with van der Waals surface area (Å²) in [5, 5.41) is 6.30. The van der Waals surface area contributed by atoms with Crippen molar-refractivity contribution in [1.82, 2.24) is 5.32 Å². The summed E-state index contributed by atoms with van der Waals surface area (Å²) in [6.45, 7) is 3.56. The predicted molar refractivity (Wildman–Crippen MR) is 86.7 cm³/mol. The third kappa shape index (κ3) is 4.21. The van der Waals surface area contributed by atoms with Crippen molar-refractivity contribution in [3.63, 3.8) is 0 Å². The quantitative estimate of drug-likeness (QED) is 0.845. The van der Waals surface area contributed by atoms with Crippen molar-refractivity contribution in [2.24, 2.45) is 5.92 Å². The van der Waals surface area contributed by atoms with Gasteiger partial charge in [0, 0.05) is 13.1 Å². The van der Waals surface area contributed by atoms with Gasteiger partial charge < -0.3 is 15.5 Å². The minimum Gasteiger partial charge on any atom is -0.370 e. The summed E-state index contributed by atoms with van der Waals surface area (Å²) in [6.07, 6.45) is 6.42. The van der Waals surface area contributed by atoms with Crippen LogP contribution < -0.4 is 15.5 Å². The fourth-order valence-corrected chi connectivity index (χ4v) is 2.90. The van der Waals surface area contributed by atoms with Gasteiger partial charge >= 0.3 is 0 Å². The molecule has 1 aromatic carbocycles. The Hall–Kier alpha value is -1.55. The molecule has 21 heavy (non-hydrogen) atoms. The summed E-state index contributed by atoms with van der Waals surface area (Å²) in [6, 6.07) is 8.15. The van der Waals surface area contributed by atoms with E-state index in [1.807, 2.05) is 18.2 Å². The molecular formula is C17H25N3O. The molecule has 2 N–H and O–H groups in total. The van der Waals surface area contributed by atoms with E-state index in [9.17, 15) is 4.79 Å². The second-order valence-electron chi connectivity index (χ2n) is 6.19. The minimum atomic E-state index is 0.0557. The molecule has 3 rings (SSSR count). The van der Waals surface area contributed by atoms with E-state index in [0.717, 1.165) is 36.9 Å². The van der Waals surface area contributed by atoms with Gasteiger partial charge in [0.1, 0.15) is 0 Å². The van der Waals surface area contributed by atoms with E-state index in [-0.39, 0.29) is 5.91 Å². The molecule has 4 heteroatoms. The number of nitrogens with zero attached hydrogens (tertiary/aromatic N) is 1. The Morgan fingerprint density at radius 3 is 2.67 bits per heavy atom. The molecule has 1 amide bonds. The Labute approximate surface area is 126 Å². The van der Waals surface area contributed by atoms with Crippen molar-refractivity contribution < 1.29 is 4.79 Å². The molecule has 1 aromatic rings. The minimum absolute atomic E-state index is 0.0557. The Bertz CT molecular complexity index is 479. The third-order valence-electron chi connectivity index (χ3n) is 4.29. The van der Waals surface area contributed by atoms with Crippen LogP contribution in [0.5, 0.6) is 0 Å². The van der Waals surface area contributed by atoms with E-state index < -0.39 is 0 Å². The van der Waals surface area contributed by atoms with Crippen LogP contribution in [0.25, 0.3) is 0 Å². The lowest BCUT2D eigenvalue weighted by molar-refractivity contribution is -0.115. The first-order valence-corrected chi connectivity index (χ1v) is 8.17. The average Bonchev–Trinajstić information content (AvgIpc) is 3.33.